The summed E-state index contributed by atoms with van der Waals surface area (Å²) in [6.07, 6.45) is 0. The Bertz CT molecular complexity index is 964. The maximum absolute atomic E-state index is 12.2. The van der Waals surface area contributed by atoms with E-state index in [9.17, 15) is 4.79 Å². The van der Waals surface area contributed by atoms with E-state index in [4.69, 9.17) is 25.5 Å². The highest BCUT2D eigenvalue weighted by atomic mass is 35.5. The first-order valence-electron chi connectivity index (χ1n) is 8.32. The lowest BCUT2D eigenvalue weighted by atomic mass is 10.2. The molecule has 0 spiro atoms. The standard InChI is InChI=1S/C19H18ClN3O4S/c1-12-5-3-4-6-15(12)26-10-18-22-23-19(27-18)28-11-17(24)21-14-9-13(20)7-8-16(14)25-2/h3-9H,10-11H2,1-2H3,(H,21,24). The predicted octanol–water partition coefficient (Wildman–Crippen LogP) is 4.35. The molecule has 0 atom stereocenters. The van der Waals surface area contributed by atoms with Gasteiger partial charge in [-0.25, -0.2) is 0 Å². The smallest absolute Gasteiger partial charge is 0.277 e. The van der Waals surface area contributed by atoms with Gasteiger partial charge in [-0.2, -0.15) is 0 Å². The molecule has 146 valence electrons. The minimum atomic E-state index is -0.249. The number of carbonyl (C=O) groups is 1. The van der Waals surface area contributed by atoms with Crippen LogP contribution in [0, 0.1) is 6.92 Å². The van der Waals surface area contributed by atoms with Gasteiger partial charge in [-0.05, 0) is 36.8 Å². The monoisotopic (exact) mass is 419 g/mol. The van der Waals surface area contributed by atoms with Gasteiger partial charge in [0.25, 0.3) is 11.1 Å². The Balaban J connectivity index is 1.51. The molecule has 0 fully saturated rings. The fraction of sp³-hybridized carbons (Fsp3) is 0.211. The van der Waals surface area contributed by atoms with Crippen LogP contribution in [0.25, 0.3) is 0 Å². The number of nitrogens with one attached hydrogen (secondary N) is 1. The molecule has 0 unspecified atom stereocenters. The lowest BCUT2D eigenvalue weighted by molar-refractivity contribution is -0.113. The third kappa shape index (κ3) is 5.40. The molecule has 0 aliphatic carbocycles. The van der Waals surface area contributed by atoms with E-state index in [1.54, 1.807) is 18.2 Å². The second-order valence-corrected chi connectivity index (χ2v) is 7.06. The van der Waals surface area contributed by atoms with E-state index in [0.717, 1.165) is 23.1 Å². The zero-order valence-corrected chi connectivity index (χ0v) is 16.8. The van der Waals surface area contributed by atoms with Gasteiger partial charge in [0.1, 0.15) is 11.5 Å². The molecule has 2 aromatic carbocycles. The first-order chi connectivity index (χ1) is 13.5. The molecule has 0 saturated heterocycles. The zero-order chi connectivity index (χ0) is 19.9. The normalized spacial score (nSPS) is 10.5. The number of halogens is 1. The van der Waals surface area contributed by atoms with Crippen molar-refractivity contribution in [2.24, 2.45) is 0 Å². The maximum Gasteiger partial charge on any atom is 0.277 e. The van der Waals surface area contributed by atoms with E-state index in [-0.39, 0.29) is 23.5 Å². The number of anilines is 1. The van der Waals surface area contributed by atoms with Gasteiger partial charge in [-0.1, -0.05) is 41.6 Å². The van der Waals surface area contributed by atoms with E-state index < -0.39 is 0 Å². The van der Waals surface area contributed by atoms with Crippen molar-refractivity contribution in [3.63, 3.8) is 0 Å². The van der Waals surface area contributed by atoms with Crippen LogP contribution in [0.15, 0.2) is 52.1 Å². The van der Waals surface area contributed by atoms with Crippen LogP contribution in [0.5, 0.6) is 11.5 Å². The number of amides is 1. The topological polar surface area (TPSA) is 86.5 Å². The van der Waals surface area contributed by atoms with Crippen LogP contribution in [-0.2, 0) is 11.4 Å². The van der Waals surface area contributed by atoms with Gasteiger partial charge in [-0.3, -0.25) is 4.79 Å². The molecule has 7 nitrogen and oxygen atoms in total. The number of para-hydroxylation sites is 1. The summed E-state index contributed by atoms with van der Waals surface area (Å²) < 4.78 is 16.4. The van der Waals surface area contributed by atoms with Gasteiger partial charge in [0.05, 0.1) is 18.6 Å². The largest absolute Gasteiger partial charge is 0.495 e. The Morgan fingerprint density at radius 2 is 2.04 bits per heavy atom. The summed E-state index contributed by atoms with van der Waals surface area (Å²) in [6, 6.07) is 12.6. The number of nitrogens with zero attached hydrogens (tertiary/aromatic N) is 2. The van der Waals surface area contributed by atoms with E-state index in [1.165, 1.54) is 7.11 Å². The fourth-order valence-corrected chi connectivity index (χ4v) is 3.06. The van der Waals surface area contributed by atoms with Gasteiger partial charge in [-0.15, -0.1) is 10.2 Å². The van der Waals surface area contributed by atoms with Crippen LogP contribution in [0.1, 0.15) is 11.5 Å². The van der Waals surface area contributed by atoms with Gasteiger partial charge in [0.15, 0.2) is 6.61 Å². The predicted molar refractivity (Wildman–Crippen MR) is 107 cm³/mol. The third-order valence-electron chi connectivity index (χ3n) is 3.66. The van der Waals surface area contributed by atoms with Gasteiger partial charge >= 0.3 is 0 Å². The van der Waals surface area contributed by atoms with Crippen LogP contribution in [-0.4, -0.2) is 29.0 Å². The summed E-state index contributed by atoms with van der Waals surface area (Å²) in [6.45, 7) is 2.11. The number of thioether (sulfide) groups is 1. The first kappa shape index (κ1) is 20.0. The van der Waals surface area contributed by atoms with Crippen LogP contribution < -0.4 is 14.8 Å². The van der Waals surface area contributed by atoms with Crippen LogP contribution >= 0.6 is 23.4 Å². The Labute approximate surface area is 171 Å². The summed E-state index contributed by atoms with van der Waals surface area (Å²) in [5.74, 6) is 1.46. The number of aromatic nitrogens is 2. The molecular formula is C19H18ClN3O4S. The highest BCUT2D eigenvalue weighted by Crippen LogP contribution is 2.28. The maximum atomic E-state index is 12.2. The average molecular weight is 420 g/mol. The molecule has 3 rings (SSSR count). The number of hydrogen-bond donors (Lipinski definition) is 1. The van der Waals surface area contributed by atoms with E-state index in [0.29, 0.717) is 22.4 Å². The molecule has 1 aromatic heterocycles. The van der Waals surface area contributed by atoms with Crippen LogP contribution in [0.3, 0.4) is 0 Å². The summed E-state index contributed by atoms with van der Waals surface area (Å²) in [5.41, 5.74) is 1.52. The third-order valence-corrected chi connectivity index (χ3v) is 4.71. The molecule has 1 amide bonds. The van der Waals surface area contributed by atoms with Gasteiger partial charge in [0.2, 0.25) is 5.91 Å². The molecule has 3 aromatic rings. The van der Waals surface area contributed by atoms with Crippen molar-refractivity contribution in [2.75, 3.05) is 18.2 Å². The molecule has 1 N–H and O–H groups in total. The number of rotatable bonds is 8. The van der Waals surface area contributed by atoms with E-state index >= 15 is 0 Å². The highest BCUT2D eigenvalue weighted by Gasteiger charge is 2.13. The minimum Gasteiger partial charge on any atom is -0.495 e. The zero-order valence-electron chi connectivity index (χ0n) is 15.3. The summed E-state index contributed by atoms with van der Waals surface area (Å²) in [4.78, 5) is 12.2. The molecular weight excluding hydrogens is 402 g/mol. The van der Waals surface area contributed by atoms with Crippen molar-refractivity contribution in [1.82, 2.24) is 10.2 Å². The molecule has 0 radical (unpaired) electrons. The van der Waals surface area contributed by atoms with Crippen molar-refractivity contribution in [3.8, 4) is 11.5 Å². The number of hydrogen-bond acceptors (Lipinski definition) is 7. The van der Waals surface area contributed by atoms with E-state index in [1.807, 2.05) is 31.2 Å². The molecule has 0 aliphatic rings. The first-order valence-corrected chi connectivity index (χ1v) is 9.68. The summed E-state index contributed by atoms with van der Waals surface area (Å²) >= 11 is 7.09. The van der Waals surface area contributed by atoms with E-state index in [2.05, 4.69) is 15.5 Å². The fourth-order valence-electron chi connectivity index (χ4n) is 2.30. The number of aryl methyl sites for hydroxylation is 1. The number of benzene rings is 2. The molecule has 0 saturated carbocycles. The number of ether oxygens (including phenoxy) is 2. The quantitative estimate of drug-likeness (QED) is 0.543. The summed E-state index contributed by atoms with van der Waals surface area (Å²) in [7, 11) is 1.52. The van der Waals surface area contributed by atoms with Crippen molar-refractivity contribution in [1.29, 1.82) is 0 Å². The number of methoxy groups -OCH3 is 1. The molecule has 9 heteroatoms. The molecule has 28 heavy (non-hydrogen) atoms. The molecule has 1 heterocycles. The average Bonchev–Trinajstić information content (AvgIpc) is 3.14. The van der Waals surface area contributed by atoms with Crippen LogP contribution in [0.2, 0.25) is 5.02 Å². The second kappa shape index (κ2) is 9.48. The molecule has 0 aliphatic heterocycles. The SMILES string of the molecule is COc1ccc(Cl)cc1NC(=O)CSc1nnc(COc2ccccc2C)o1. The summed E-state index contributed by atoms with van der Waals surface area (Å²) in [5, 5.41) is 11.4. The second-order valence-electron chi connectivity index (χ2n) is 5.70. The number of carbonyl (C=O) groups excluding carboxylic acids is 1. The Hall–Kier alpha value is -2.71. The Morgan fingerprint density at radius 3 is 2.82 bits per heavy atom. The van der Waals surface area contributed by atoms with Gasteiger partial charge < -0.3 is 19.2 Å². The van der Waals surface area contributed by atoms with Crippen molar-refractivity contribution in [3.05, 3.63) is 58.9 Å². The van der Waals surface area contributed by atoms with Crippen molar-refractivity contribution < 1.29 is 18.7 Å². The Morgan fingerprint density at radius 1 is 1.21 bits per heavy atom. The highest BCUT2D eigenvalue weighted by molar-refractivity contribution is 7.99. The van der Waals surface area contributed by atoms with Crippen molar-refractivity contribution >= 4 is 35.0 Å². The van der Waals surface area contributed by atoms with Gasteiger partial charge in [0, 0.05) is 5.02 Å². The van der Waals surface area contributed by atoms with Crippen LogP contribution in [0.4, 0.5) is 5.69 Å². The lowest BCUT2D eigenvalue weighted by Gasteiger charge is -2.09. The lowest BCUT2D eigenvalue weighted by Crippen LogP contribution is -2.14. The minimum absolute atomic E-state index is 0.0932. The van der Waals surface area contributed by atoms with Crippen molar-refractivity contribution in [2.45, 2.75) is 18.8 Å². The molecule has 0 bridgehead atoms. The Kier molecular flexibility index (Phi) is 6.78.